The number of hydrogen-bond acceptors (Lipinski definition) is 4. The van der Waals surface area contributed by atoms with Crippen molar-refractivity contribution in [2.45, 2.75) is 46.8 Å². The summed E-state index contributed by atoms with van der Waals surface area (Å²) < 4.78 is 5.25. The minimum Gasteiger partial charge on any atom is -0.508 e. The van der Waals surface area contributed by atoms with E-state index >= 15 is 0 Å². The lowest BCUT2D eigenvalue weighted by Crippen LogP contribution is -2.39. The number of nitrogens with one attached hydrogen (secondary N) is 2. The van der Waals surface area contributed by atoms with Gasteiger partial charge in [0.2, 0.25) is 0 Å². The molecule has 0 aliphatic heterocycles. The maximum Gasteiger partial charge on any atom is 0.407 e. The minimum absolute atomic E-state index is 0.286. The SMILES string of the molecule is CC(C)C(CNCc1ccccc1O)CNC(=O)OC(C)(C)C. The predicted octanol–water partition coefficient (Wildman–Crippen LogP) is 3.28. The zero-order valence-corrected chi connectivity index (χ0v) is 14.8. The molecule has 0 aromatic heterocycles. The number of alkyl carbamates (subject to hydrolysis) is 1. The Kier molecular flexibility index (Phi) is 7.36. The van der Waals surface area contributed by atoms with Crippen molar-refractivity contribution in [3.8, 4) is 5.75 Å². The molecule has 0 fully saturated rings. The number of carbonyl (C=O) groups excluding carboxylic acids is 1. The average Bonchev–Trinajstić information content (AvgIpc) is 2.42. The van der Waals surface area contributed by atoms with E-state index in [0.717, 1.165) is 12.1 Å². The van der Waals surface area contributed by atoms with Crippen molar-refractivity contribution in [2.24, 2.45) is 11.8 Å². The fourth-order valence-corrected chi connectivity index (χ4v) is 2.12. The van der Waals surface area contributed by atoms with E-state index in [1.165, 1.54) is 0 Å². The summed E-state index contributed by atoms with van der Waals surface area (Å²) in [6.45, 7) is 11.7. The van der Waals surface area contributed by atoms with Crippen LogP contribution in [0.5, 0.6) is 5.75 Å². The van der Waals surface area contributed by atoms with Crippen LogP contribution >= 0.6 is 0 Å². The molecule has 1 atom stereocenters. The molecule has 0 saturated carbocycles. The molecule has 1 rings (SSSR count). The van der Waals surface area contributed by atoms with Gasteiger partial charge in [-0.15, -0.1) is 0 Å². The number of amides is 1. The minimum atomic E-state index is -0.486. The highest BCUT2D eigenvalue weighted by molar-refractivity contribution is 5.67. The average molecular weight is 322 g/mol. The van der Waals surface area contributed by atoms with Gasteiger partial charge in [-0.1, -0.05) is 32.0 Å². The van der Waals surface area contributed by atoms with E-state index < -0.39 is 5.60 Å². The molecule has 1 amide bonds. The molecule has 1 aromatic rings. The summed E-state index contributed by atoms with van der Waals surface area (Å²) in [5, 5.41) is 15.9. The number of ether oxygens (including phenoxy) is 1. The van der Waals surface area contributed by atoms with Crippen molar-refractivity contribution in [2.75, 3.05) is 13.1 Å². The quantitative estimate of drug-likeness (QED) is 0.720. The van der Waals surface area contributed by atoms with Crippen molar-refractivity contribution in [3.05, 3.63) is 29.8 Å². The monoisotopic (exact) mass is 322 g/mol. The largest absolute Gasteiger partial charge is 0.508 e. The van der Waals surface area contributed by atoms with Crippen molar-refractivity contribution >= 4 is 6.09 Å². The lowest BCUT2D eigenvalue weighted by Gasteiger charge is -2.24. The number of phenolic OH excluding ortho intramolecular Hbond substituents is 1. The maximum atomic E-state index is 11.7. The van der Waals surface area contributed by atoms with Crippen LogP contribution in [0.15, 0.2) is 24.3 Å². The highest BCUT2D eigenvalue weighted by atomic mass is 16.6. The maximum absolute atomic E-state index is 11.7. The van der Waals surface area contributed by atoms with Crippen LogP contribution in [-0.4, -0.2) is 29.9 Å². The summed E-state index contributed by atoms with van der Waals surface area (Å²) >= 11 is 0. The third-order valence-electron chi connectivity index (χ3n) is 3.56. The van der Waals surface area contributed by atoms with Gasteiger partial charge >= 0.3 is 6.09 Å². The third-order valence-corrected chi connectivity index (χ3v) is 3.56. The molecular formula is C18H30N2O3. The van der Waals surface area contributed by atoms with Gasteiger partial charge in [0.1, 0.15) is 11.4 Å². The lowest BCUT2D eigenvalue weighted by molar-refractivity contribution is 0.0515. The molecule has 5 nitrogen and oxygen atoms in total. The smallest absolute Gasteiger partial charge is 0.407 e. The molecule has 0 saturated heterocycles. The Morgan fingerprint density at radius 1 is 1.22 bits per heavy atom. The van der Waals surface area contributed by atoms with Crippen LogP contribution in [0.4, 0.5) is 4.79 Å². The Morgan fingerprint density at radius 3 is 2.43 bits per heavy atom. The van der Waals surface area contributed by atoms with E-state index in [2.05, 4.69) is 24.5 Å². The molecule has 3 N–H and O–H groups in total. The molecule has 0 spiro atoms. The van der Waals surface area contributed by atoms with Crippen LogP contribution in [0.3, 0.4) is 0 Å². The summed E-state index contributed by atoms with van der Waals surface area (Å²) in [6.07, 6.45) is -0.385. The van der Waals surface area contributed by atoms with Crippen LogP contribution in [0.1, 0.15) is 40.2 Å². The Labute approximate surface area is 139 Å². The first-order valence-electron chi connectivity index (χ1n) is 8.13. The van der Waals surface area contributed by atoms with Crippen molar-refractivity contribution < 1.29 is 14.6 Å². The first-order chi connectivity index (χ1) is 10.7. The summed E-state index contributed by atoms with van der Waals surface area (Å²) in [5.41, 5.74) is 0.385. The van der Waals surface area contributed by atoms with Crippen LogP contribution in [0, 0.1) is 11.8 Å². The molecule has 0 aliphatic carbocycles. The normalized spacial score (nSPS) is 13.0. The van der Waals surface area contributed by atoms with E-state index in [-0.39, 0.29) is 12.0 Å². The molecular weight excluding hydrogens is 292 g/mol. The fraction of sp³-hybridized carbons (Fsp3) is 0.611. The van der Waals surface area contributed by atoms with Crippen molar-refractivity contribution in [1.29, 1.82) is 0 Å². The first-order valence-corrected chi connectivity index (χ1v) is 8.13. The van der Waals surface area contributed by atoms with Gasteiger partial charge in [-0.3, -0.25) is 0 Å². The van der Waals surface area contributed by atoms with Gasteiger partial charge in [0, 0.05) is 25.2 Å². The van der Waals surface area contributed by atoms with Gasteiger partial charge in [-0.25, -0.2) is 4.79 Å². The van der Waals surface area contributed by atoms with Crippen LogP contribution in [0.2, 0.25) is 0 Å². The van der Waals surface area contributed by atoms with Gasteiger partial charge in [0.25, 0.3) is 0 Å². The number of para-hydroxylation sites is 1. The third kappa shape index (κ3) is 7.88. The van der Waals surface area contributed by atoms with E-state index in [9.17, 15) is 9.90 Å². The predicted molar refractivity (Wildman–Crippen MR) is 92.4 cm³/mol. The second kappa shape index (κ2) is 8.77. The van der Waals surface area contributed by atoms with Gasteiger partial charge in [-0.2, -0.15) is 0 Å². The van der Waals surface area contributed by atoms with Gasteiger partial charge in [0.05, 0.1) is 0 Å². The molecule has 0 bridgehead atoms. The molecule has 23 heavy (non-hydrogen) atoms. The summed E-state index contributed by atoms with van der Waals surface area (Å²) in [5.74, 6) is 1.00. The second-order valence-corrected chi connectivity index (χ2v) is 7.15. The zero-order chi connectivity index (χ0) is 17.5. The second-order valence-electron chi connectivity index (χ2n) is 7.15. The molecule has 130 valence electrons. The number of carbonyl (C=O) groups is 1. The number of rotatable bonds is 7. The van der Waals surface area contributed by atoms with Crippen LogP contribution < -0.4 is 10.6 Å². The fourth-order valence-electron chi connectivity index (χ4n) is 2.12. The Hall–Kier alpha value is -1.75. The number of aromatic hydroxyl groups is 1. The van der Waals surface area contributed by atoms with Crippen LogP contribution in [-0.2, 0) is 11.3 Å². The molecule has 0 heterocycles. The number of benzene rings is 1. The highest BCUT2D eigenvalue weighted by Gasteiger charge is 2.19. The van der Waals surface area contributed by atoms with Crippen molar-refractivity contribution in [1.82, 2.24) is 10.6 Å². The summed E-state index contributed by atoms with van der Waals surface area (Å²) in [6, 6.07) is 7.29. The van der Waals surface area contributed by atoms with Crippen LogP contribution in [0.25, 0.3) is 0 Å². The molecule has 5 heteroatoms. The number of hydrogen-bond donors (Lipinski definition) is 3. The van der Waals surface area contributed by atoms with E-state index in [1.54, 1.807) is 12.1 Å². The van der Waals surface area contributed by atoms with E-state index in [1.807, 2.05) is 32.9 Å². The lowest BCUT2D eigenvalue weighted by atomic mass is 9.95. The van der Waals surface area contributed by atoms with E-state index in [0.29, 0.717) is 24.8 Å². The number of phenols is 1. The van der Waals surface area contributed by atoms with Gasteiger partial charge < -0.3 is 20.5 Å². The topological polar surface area (TPSA) is 70.6 Å². The standard InChI is InChI=1S/C18H30N2O3/c1-13(2)15(12-20-17(22)23-18(3,4)5)11-19-10-14-8-6-7-9-16(14)21/h6-9,13,15,19,21H,10-12H2,1-5H3,(H,20,22). The zero-order valence-electron chi connectivity index (χ0n) is 14.8. The van der Waals surface area contributed by atoms with Gasteiger partial charge in [0.15, 0.2) is 0 Å². The Bertz CT molecular complexity index is 495. The van der Waals surface area contributed by atoms with Crippen molar-refractivity contribution in [3.63, 3.8) is 0 Å². The first kappa shape index (κ1) is 19.3. The molecule has 0 aliphatic rings. The Balaban J connectivity index is 2.41. The molecule has 1 aromatic carbocycles. The molecule has 0 radical (unpaired) electrons. The molecule has 1 unspecified atom stereocenters. The Morgan fingerprint density at radius 2 is 1.87 bits per heavy atom. The summed E-state index contributed by atoms with van der Waals surface area (Å²) in [4.78, 5) is 11.7. The van der Waals surface area contributed by atoms with Gasteiger partial charge in [-0.05, 0) is 38.7 Å². The van der Waals surface area contributed by atoms with E-state index in [4.69, 9.17) is 4.74 Å². The summed E-state index contributed by atoms with van der Waals surface area (Å²) in [7, 11) is 0. The highest BCUT2D eigenvalue weighted by Crippen LogP contribution is 2.16.